The second-order valence-electron chi connectivity index (χ2n) is 2.74. The summed E-state index contributed by atoms with van der Waals surface area (Å²) in [5.41, 5.74) is 1.14. The van der Waals surface area contributed by atoms with Crippen molar-refractivity contribution < 1.29 is 0 Å². The molecule has 0 aliphatic rings. The van der Waals surface area contributed by atoms with Crippen LogP contribution in [-0.4, -0.2) is 0 Å². The highest BCUT2D eigenvalue weighted by Gasteiger charge is 2.05. The number of rotatable bonds is 2. The highest BCUT2D eigenvalue weighted by atomic mass is 35.5. The minimum Gasteiger partial charge on any atom is -0.0840 e. The lowest BCUT2D eigenvalue weighted by molar-refractivity contribution is 0.733. The molecule has 0 nitrogen and oxygen atoms in total. The van der Waals surface area contributed by atoms with E-state index in [2.05, 4.69) is 19.9 Å². The minimum atomic E-state index is 0.517. The van der Waals surface area contributed by atoms with Crippen LogP contribution in [0.3, 0.4) is 0 Å². The molecule has 0 bridgehead atoms. The summed E-state index contributed by atoms with van der Waals surface area (Å²) in [5.74, 6) is 0.517. The summed E-state index contributed by atoms with van der Waals surface area (Å²) >= 11 is 5.97. The zero-order valence-corrected chi connectivity index (χ0v) is 7.65. The average molecular weight is 168 g/mol. The fourth-order valence-corrected chi connectivity index (χ4v) is 1.32. The molecule has 1 aromatic carbocycles. The smallest absolute Gasteiger partial charge is 0.0446 e. The molecule has 1 rings (SSSR count). The van der Waals surface area contributed by atoms with Gasteiger partial charge in [-0.1, -0.05) is 37.6 Å². The zero-order chi connectivity index (χ0) is 8.27. The van der Waals surface area contributed by atoms with Gasteiger partial charge in [-0.05, 0) is 30.0 Å². The summed E-state index contributed by atoms with van der Waals surface area (Å²) in [5, 5.41) is 0.835. The van der Waals surface area contributed by atoms with Crippen molar-refractivity contribution in [1.82, 2.24) is 0 Å². The molecule has 59 valence electrons. The van der Waals surface area contributed by atoms with E-state index in [-0.39, 0.29) is 0 Å². The lowest BCUT2D eigenvalue weighted by Gasteiger charge is -2.09. The molecule has 1 atom stereocenters. The van der Waals surface area contributed by atoms with Crippen molar-refractivity contribution in [2.75, 3.05) is 0 Å². The Balaban J connectivity index is 2.93. The molecule has 11 heavy (non-hydrogen) atoms. The first kappa shape index (κ1) is 8.61. The molecule has 0 amide bonds. The monoisotopic (exact) mass is 167 g/mol. The highest BCUT2D eigenvalue weighted by Crippen LogP contribution is 2.25. The number of benzene rings is 1. The van der Waals surface area contributed by atoms with Crippen molar-refractivity contribution in [1.29, 1.82) is 0 Å². The van der Waals surface area contributed by atoms with Crippen molar-refractivity contribution in [3.05, 3.63) is 34.9 Å². The van der Waals surface area contributed by atoms with E-state index in [0.717, 1.165) is 17.0 Å². The molecule has 0 fully saturated rings. The van der Waals surface area contributed by atoms with Crippen molar-refractivity contribution in [3.8, 4) is 0 Å². The van der Waals surface area contributed by atoms with Gasteiger partial charge < -0.3 is 0 Å². The third-order valence-corrected chi connectivity index (χ3v) is 2.27. The van der Waals surface area contributed by atoms with Crippen LogP contribution in [0.2, 0.25) is 5.02 Å². The molecule has 0 aliphatic carbocycles. The molecule has 0 saturated carbocycles. The molecule has 1 aromatic rings. The van der Waals surface area contributed by atoms with Gasteiger partial charge in [0.25, 0.3) is 0 Å². The van der Waals surface area contributed by atoms with Gasteiger partial charge in [0.2, 0.25) is 0 Å². The molecule has 0 aromatic heterocycles. The Morgan fingerprint density at radius 1 is 1.64 bits per heavy atom. The Morgan fingerprint density at radius 3 is 2.91 bits per heavy atom. The van der Waals surface area contributed by atoms with Crippen molar-refractivity contribution in [3.63, 3.8) is 0 Å². The van der Waals surface area contributed by atoms with Gasteiger partial charge in [0.15, 0.2) is 0 Å². The fraction of sp³-hybridized carbons (Fsp3) is 0.400. The maximum Gasteiger partial charge on any atom is 0.0446 e. The molecular formula is C10H12Cl. The normalized spacial score (nSPS) is 13.0. The molecule has 0 N–H and O–H groups in total. The summed E-state index contributed by atoms with van der Waals surface area (Å²) in [6, 6.07) is 8.89. The van der Waals surface area contributed by atoms with Gasteiger partial charge in [0.05, 0.1) is 0 Å². The van der Waals surface area contributed by atoms with E-state index in [4.69, 9.17) is 11.6 Å². The van der Waals surface area contributed by atoms with Gasteiger partial charge in [-0.3, -0.25) is 0 Å². The summed E-state index contributed by atoms with van der Waals surface area (Å²) in [6.07, 6.45) is 1.11. The summed E-state index contributed by atoms with van der Waals surface area (Å²) in [6.45, 7) is 4.32. The van der Waals surface area contributed by atoms with Crippen molar-refractivity contribution >= 4 is 11.6 Å². The first-order chi connectivity index (χ1) is 5.25. The largest absolute Gasteiger partial charge is 0.0840 e. The van der Waals surface area contributed by atoms with Crippen LogP contribution in [0.25, 0.3) is 0 Å². The molecule has 0 saturated heterocycles. The van der Waals surface area contributed by atoms with Gasteiger partial charge in [0.1, 0.15) is 0 Å². The van der Waals surface area contributed by atoms with E-state index in [9.17, 15) is 0 Å². The topological polar surface area (TPSA) is 0 Å². The summed E-state index contributed by atoms with van der Waals surface area (Å²) in [4.78, 5) is 0. The minimum absolute atomic E-state index is 0.517. The predicted molar refractivity (Wildman–Crippen MR) is 49.0 cm³/mol. The summed E-state index contributed by atoms with van der Waals surface area (Å²) < 4.78 is 0. The van der Waals surface area contributed by atoms with E-state index in [1.807, 2.05) is 18.2 Å². The Hall–Kier alpha value is -0.490. The van der Waals surface area contributed by atoms with Crippen LogP contribution in [0.4, 0.5) is 0 Å². The van der Waals surface area contributed by atoms with Crippen LogP contribution >= 0.6 is 11.6 Å². The van der Waals surface area contributed by atoms with Crippen LogP contribution < -0.4 is 0 Å². The molecule has 1 radical (unpaired) electrons. The molecule has 0 heterocycles. The SMILES string of the molecule is CCC(C)c1[c]cccc1Cl. The third kappa shape index (κ3) is 1.97. The lowest BCUT2D eigenvalue weighted by atomic mass is 9.99. The Morgan fingerprint density at radius 2 is 2.36 bits per heavy atom. The zero-order valence-electron chi connectivity index (χ0n) is 6.89. The van der Waals surface area contributed by atoms with E-state index in [0.29, 0.717) is 5.92 Å². The number of hydrogen-bond donors (Lipinski definition) is 0. The second kappa shape index (κ2) is 3.77. The Labute approximate surface area is 73.2 Å². The van der Waals surface area contributed by atoms with Gasteiger partial charge in [-0.15, -0.1) is 0 Å². The molecule has 1 unspecified atom stereocenters. The number of halogens is 1. The van der Waals surface area contributed by atoms with Crippen molar-refractivity contribution in [2.24, 2.45) is 0 Å². The first-order valence-corrected chi connectivity index (χ1v) is 4.29. The van der Waals surface area contributed by atoms with Gasteiger partial charge in [-0.25, -0.2) is 0 Å². The van der Waals surface area contributed by atoms with Crippen LogP contribution in [-0.2, 0) is 0 Å². The van der Waals surface area contributed by atoms with Crippen LogP contribution in [0.1, 0.15) is 31.7 Å². The average Bonchev–Trinajstić information content (AvgIpc) is 2.04. The van der Waals surface area contributed by atoms with Crippen molar-refractivity contribution in [2.45, 2.75) is 26.2 Å². The number of hydrogen-bond acceptors (Lipinski definition) is 0. The third-order valence-electron chi connectivity index (χ3n) is 1.94. The lowest BCUT2D eigenvalue weighted by Crippen LogP contribution is -1.91. The standard InChI is InChI=1S/C10H12Cl/c1-3-8(2)9-6-4-5-7-10(9)11/h4-5,7-8H,3H2,1-2H3. The molecule has 0 spiro atoms. The molecular weight excluding hydrogens is 156 g/mol. The highest BCUT2D eigenvalue weighted by molar-refractivity contribution is 6.31. The quantitative estimate of drug-likeness (QED) is 0.631. The maximum absolute atomic E-state index is 5.97. The summed E-state index contributed by atoms with van der Waals surface area (Å²) in [7, 11) is 0. The maximum atomic E-state index is 5.97. The van der Waals surface area contributed by atoms with Crippen LogP contribution in [0, 0.1) is 6.07 Å². The predicted octanol–water partition coefficient (Wildman–Crippen LogP) is 3.65. The van der Waals surface area contributed by atoms with Gasteiger partial charge in [-0.2, -0.15) is 0 Å². The fourth-order valence-electron chi connectivity index (χ4n) is 1.01. The van der Waals surface area contributed by atoms with E-state index in [1.54, 1.807) is 0 Å². The van der Waals surface area contributed by atoms with E-state index in [1.165, 1.54) is 0 Å². The Bertz CT molecular complexity index is 230. The van der Waals surface area contributed by atoms with Gasteiger partial charge >= 0.3 is 0 Å². The molecule has 0 aliphatic heterocycles. The van der Waals surface area contributed by atoms with Crippen LogP contribution in [0.5, 0.6) is 0 Å². The van der Waals surface area contributed by atoms with E-state index >= 15 is 0 Å². The first-order valence-electron chi connectivity index (χ1n) is 3.91. The van der Waals surface area contributed by atoms with E-state index < -0.39 is 0 Å². The van der Waals surface area contributed by atoms with Crippen LogP contribution in [0.15, 0.2) is 18.2 Å². The Kier molecular flexibility index (Phi) is 2.95. The van der Waals surface area contributed by atoms with Gasteiger partial charge in [0, 0.05) is 5.02 Å². The molecule has 1 heteroatoms. The second-order valence-corrected chi connectivity index (χ2v) is 3.15.